The number of benzene rings is 3. The van der Waals surface area contributed by atoms with Gasteiger partial charge in [-0.05, 0) is 66.0 Å². The average molecular weight is 396 g/mol. The molecule has 0 atom stereocenters. The Morgan fingerprint density at radius 1 is 0.655 bits per heavy atom. The largest absolute Gasteiger partial charge is 0.206 e. The average Bonchev–Trinajstić information content (AvgIpc) is 2.74. The molecule has 0 aromatic heterocycles. The molecule has 0 unspecified atom stereocenters. The van der Waals surface area contributed by atoms with Gasteiger partial charge in [0.05, 0.1) is 0 Å². The second kappa shape index (κ2) is 9.78. The lowest BCUT2D eigenvalue weighted by molar-refractivity contribution is 0.490. The number of unbranched alkanes of at least 4 members (excludes halogenated alkanes) is 1. The molecular formula is C26H27F3. The third-order valence-electron chi connectivity index (χ3n) is 5.42. The van der Waals surface area contributed by atoms with Gasteiger partial charge in [0.15, 0.2) is 11.6 Å². The summed E-state index contributed by atoms with van der Waals surface area (Å²) < 4.78 is 42.6. The van der Waals surface area contributed by atoms with E-state index in [2.05, 4.69) is 6.92 Å². The molecular weight excluding hydrogens is 369 g/mol. The van der Waals surface area contributed by atoms with Crippen molar-refractivity contribution in [2.45, 2.75) is 52.4 Å². The molecule has 0 saturated heterocycles. The summed E-state index contributed by atoms with van der Waals surface area (Å²) in [5.74, 6) is -1.69. The molecule has 0 heterocycles. The summed E-state index contributed by atoms with van der Waals surface area (Å²) in [6, 6.07) is 16.4. The van der Waals surface area contributed by atoms with E-state index in [9.17, 15) is 13.2 Å². The fourth-order valence-electron chi connectivity index (χ4n) is 3.55. The summed E-state index contributed by atoms with van der Waals surface area (Å²) >= 11 is 0. The lowest BCUT2D eigenvalue weighted by Crippen LogP contribution is -2.01. The monoisotopic (exact) mass is 396 g/mol. The molecule has 0 nitrogen and oxygen atoms in total. The van der Waals surface area contributed by atoms with Gasteiger partial charge in [0, 0.05) is 5.56 Å². The fourth-order valence-corrected chi connectivity index (χ4v) is 3.55. The second-order valence-corrected chi connectivity index (χ2v) is 7.48. The number of halogens is 3. The van der Waals surface area contributed by atoms with Crippen molar-refractivity contribution in [2.24, 2.45) is 0 Å². The minimum atomic E-state index is -0.744. The highest BCUT2D eigenvalue weighted by Gasteiger charge is 2.12. The van der Waals surface area contributed by atoms with Crippen molar-refractivity contribution >= 4 is 0 Å². The van der Waals surface area contributed by atoms with Crippen LogP contribution in [0.3, 0.4) is 0 Å². The first-order chi connectivity index (χ1) is 14.0. The Hall–Kier alpha value is -2.55. The molecule has 0 saturated carbocycles. The number of hydrogen-bond donors (Lipinski definition) is 0. The van der Waals surface area contributed by atoms with Crippen LogP contribution < -0.4 is 0 Å². The first-order valence-electron chi connectivity index (χ1n) is 10.4. The van der Waals surface area contributed by atoms with Crippen LogP contribution in [-0.4, -0.2) is 0 Å². The molecule has 0 aliphatic heterocycles. The van der Waals surface area contributed by atoms with E-state index in [1.54, 1.807) is 25.1 Å². The number of rotatable bonds is 8. The Balaban J connectivity index is 1.69. The summed E-state index contributed by atoms with van der Waals surface area (Å²) in [6.45, 7) is 3.93. The number of aryl methyl sites for hydroxylation is 4. The summed E-state index contributed by atoms with van der Waals surface area (Å²) in [5, 5.41) is 0. The molecule has 0 radical (unpaired) electrons. The van der Waals surface area contributed by atoms with Crippen LogP contribution in [0.15, 0.2) is 54.6 Å². The van der Waals surface area contributed by atoms with Gasteiger partial charge in [0.25, 0.3) is 0 Å². The standard InChI is InChI=1S/C26H27F3/c1-3-5-6-19-10-16-23(24(27)17-19)21-11-7-18(8-12-21)9-13-22-15-14-20(4-2)25(28)26(22)29/h7-8,10-12,14-17H,3-6,9,13H2,1-2H3. The van der Waals surface area contributed by atoms with Crippen LogP contribution in [0.4, 0.5) is 13.2 Å². The predicted octanol–water partition coefficient (Wildman–Crippen LogP) is 7.46. The Morgan fingerprint density at radius 2 is 1.31 bits per heavy atom. The first kappa shape index (κ1) is 21.2. The van der Waals surface area contributed by atoms with E-state index in [4.69, 9.17) is 0 Å². The Labute approximate surface area is 171 Å². The maximum Gasteiger partial charge on any atom is 0.162 e. The molecule has 152 valence electrons. The van der Waals surface area contributed by atoms with Gasteiger partial charge in [-0.2, -0.15) is 0 Å². The van der Waals surface area contributed by atoms with E-state index in [0.717, 1.165) is 36.0 Å². The maximum absolute atomic E-state index is 14.5. The van der Waals surface area contributed by atoms with Crippen molar-refractivity contribution in [1.29, 1.82) is 0 Å². The molecule has 29 heavy (non-hydrogen) atoms. The minimum Gasteiger partial charge on any atom is -0.206 e. The Bertz CT molecular complexity index is 958. The fraction of sp³-hybridized carbons (Fsp3) is 0.308. The first-order valence-corrected chi connectivity index (χ1v) is 10.4. The zero-order valence-corrected chi connectivity index (χ0v) is 17.1. The zero-order valence-electron chi connectivity index (χ0n) is 17.1. The highest BCUT2D eigenvalue weighted by atomic mass is 19.2. The summed E-state index contributed by atoms with van der Waals surface area (Å²) in [7, 11) is 0. The third kappa shape index (κ3) is 5.09. The molecule has 0 aliphatic rings. The van der Waals surface area contributed by atoms with Crippen LogP contribution in [0.2, 0.25) is 0 Å². The van der Waals surface area contributed by atoms with Gasteiger partial charge >= 0.3 is 0 Å². The van der Waals surface area contributed by atoms with E-state index in [-0.39, 0.29) is 5.82 Å². The summed E-state index contributed by atoms with van der Waals surface area (Å²) in [4.78, 5) is 0. The zero-order chi connectivity index (χ0) is 20.8. The molecule has 3 aromatic carbocycles. The van der Waals surface area contributed by atoms with Gasteiger partial charge in [0.1, 0.15) is 5.82 Å². The van der Waals surface area contributed by atoms with Crippen LogP contribution in [0.25, 0.3) is 11.1 Å². The smallest absolute Gasteiger partial charge is 0.162 e. The predicted molar refractivity (Wildman–Crippen MR) is 114 cm³/mol. The minimum absolute atomic E-state index is 0.208. The van der Waals surface area contributed by atoms with Gasteiger partial charge < -0.3 is 0 Å². The van der Waals surface area contributed by atoms with Crippen LogP contribution in [0.5, 0.6) is 0 Å². The molecule has 0 N–H and O–H groups in total. The van der Waals surface area contributed by atoms with Crippen molar-refractivity contribution in [3.8, 4) is 11.1 Å². The Morgan fingerprint density at radius 3 is 1.97 bits per heavy atom. The van der Waals surface area contributed by atoms with Crippen molar-refractivity contribution in [3.63, 3.8) is 0 Å². The van der Waals surface area contributed by atoms with Crippen LogP contribution >= 0.6 is 0 Å². The quantitative estimate of drug-likeness (QED) is 0.371. The van der Waals surface area contributed by atoms with Gasteiger partial charge in [0.2, 0.25) is 0 Å². The maximum atomic E-state index is 14.5. The van der Waals surface area contributed by atoms with Gasteiger partial charge in [-0.15, -0.1) is 0 Å². The highest BCUT2D eigenvalue weighted by Crippen LogP contribution is 2.25. The van der Waals surface area contributed by atoms with Crippen molar-refractivity contribution in [2.75, 3.05) is 0 Å². The molecule has 0 spiro atoms. The molecule has 3 aromatic rings. The highest BCUT2D eigenvalue weighted by molar-refractivity contribution is 5.64. The van der Waals surface area contributed by atoms with Gasteiger partial charge in [-0.3, -0.25) is 0 Å². The molecule has 3 rings (SSSR count). The van der Waals surface area contributed by atoms with Crippen LogP contribution in [0, 0.1) is 17.5 Å². The Kier molecular flexibility index (Phi) is 7.13. The topological polar surface area (TPSA) is 0 Å². The number of hydrogen-bond acceptors (Lipinski definition) is 0. The molecule has 0 amide bonds. The van der Waals surface area contributed by atoms with Crippen LogP contribution in [0.1, 0.15) is 48.9 Å². The van der Waals surface area contributed by atoms with Crippen LogP contribution in [-0.2, 0) is 25.7 Å². The van der Waals surface area contributed by atoms with E-state index in [0.29, 0.717) is 36.0 Å². The van der Waals surface area contributed by atoms with E-state index in [1.165, 1.54) is 0 Å². The lowest BCUT2D eigenvalue weighted by atomic mass is 9.97. The molecule has 0 bridgehead atoms. The summed E-state index contributed by atoms with van der Waals surface area (Å²) in [6.07, 6.45) is 4.53. The van der Waals surface area contributed by atoms with Crippen molar-refractivity contribution < 1.29 is 13.2 Å². The SMILES string of the molecule is CCCCc1ccc(-c2ccc(CCc3ccc(CC)c(F)c3F)cc2)c(F)c1. The van der Waals surface area contributed by atoms with Crippen molar-refractivity contribution in [3.05, 3.63) is 94.3 Å². The normalized spacial score (nSPS) is 11.1. The van der Waals surface area contributed by atoms with E-state index < -0.39 is 11.6 Å². The van der Waals surface area contributed by atoms with Crippen molar-refractivity contribution in [1.82, 2.24) is 0 Å². The summed E-state index contributed by atoms with van der Waals surface area (Å²) in [5.41, 5.74) is 4.22. The molecule has 0 fully saturated rings. The molecule has 3 heteroatoms. The molecule has 0 aliphatic carbocycles. The van der Waals surface area contributed by atoms with E-state index >= 15 is 0 Å². The third-order valence-corrected chi connectivity index (χ3v) is 5.42. The van der Waals surface area contributed by atoms with Gasteiger partial charge in [-0.1, -0.05) is 68.8 Å². The lowest BCUT2D eigenvalue weighted by Gasteiger charge is -2.09. The van der Waals surface area contributed by atoms with E-state index in [1.807, 2.05) is 36.4 Å². The van der Waals surface area contributed by atoms with Gasteiger partial charge in [-0.25, -0.2) is 13.2 Å². The second-order valence-electron chi connectivity index (χ2n) is 7.48.